The van der Waals surface area contributed by atoms with E-state index in [0.29, 0.717) is 5.56 Å². The average Bonchev–Trinajstić information content (AvgIpc) is 2.55. The topological polar surface area (TPSA) is 70.6 Å². The van der Waals surface area contributed by atoms with Gasteiger partial charge in [-0.3, -0.25) is 0 Å². The highest BCUT2D eigenvalue weighted by molar-refractivity contribution is 5.89. The molecule has 0 aliphatic carbocycles. The van der Waals surface area contributed by atoms with Crippen molar-refractivity contribution in [3.63, 3.8) is 0 Å². The molecule has 0 saturated heterocycles. The molecule has 0 spiro atoms. The number of halogens is 3. The summed E-state index contributed by atoms with van der Waals surface area (Å²) in [4.78, 5) is 11.9. The van der Waals surface area contributed by atoms with Crippen LogP contribution in [0.5, 0.6) is 5.75 Å². The minimum Gasteiger partial charge on any atom is -0.432 e. The summed E-state index contributed by atoms with van der Waals surface area (Å²) < 4.78 is 41.7. The van der Waals surface area contributed by atoms with Crippen LogP contribution in [0.1, 0.15) is 11.6 Å². The molecule has 2 rings (SSSR count). The fraction of sp³-hybridized carbons (Fsp3) is 0.188. The number of carbonyl (C=O) groups is 1. The molecule has 0 bridgehead atoms. The third-order valence-electron chi connectivity index (χ3n) is 3.10. The van der Waals surface area contributed by atoms with E-state index in [1.165, 1.54) is 6.07 Å². The van der Waals surface area contributed by atoms with Gasteiger partial charge in [0.2, 0.25) is 0 Å². The minimum atomic E-state index is -3.14. The molecule has 24 heavy (non-hydrogen) atoms. The van der Waals surface area contributed by atoms with Gasteiger partial charge in [0.1, 0.15) is 0 Å². The second-order valence-corrected chi connectivity index (χ2v) is 4.77. The van der Waals surface area contributed by atoms with Gasteiger partial charge in [0.15, 0.2) is 11.6 Å². The Morgan fingerprint density at radius 2 is 1.88 bits per heavy atom. The molecule has 2 aromatic rings. The van der Waals surface area contributed by atoms with Crippen LogP contribution in [0.15, 0.2) is 48.5 Å². The lowest BCUT2D eigenvalue weighted by molar-refractivity contribution is -0.0521. The van der Waals surface area contributed by atoms with E-state index < -0.39 is 30.3 Å². The van der Waals surface area contributed by atoms with Crippen molar-refractivity contribution < 1.29 is 27.8 Å². The van der Waals surface area contributed by atoms with Gasteiger partial charge in [0.25, 0.3) is 0 Å². The van der Waals surface area contributed by atoms with Gasteiger partial charge in [-0.1, -0.05) is 30.3 Å². The number of urea groups is 1. The summed E-state index contributed by atoms with van der Waals surface area (Å²) >= 11 is 0. The van der Waals surface area contributed by atoms with Crippen LogP contribution in [-0.2, 0) is 0 Å². The molecule has 128 valence electrons. The van der Waals surface area contributed by atoms with Gasteiger partial charge >= 0.3 is 12.6 Å². The fourth-order valence-electron chi connectivity index (χ4n) is 2.02. The van der Waals surface area contributed by atoms with Crippen LogP contribution in [0, 0.1) is 5.82 Å². The Morgan fingerprint density at radius 3 is 2.46 bits per heavy atom. The number of benzene rings is 2. The summed E-state index contributed by atoms with van der Waals surface area (Å²) in [6.45, 7) is -3.47. The first-order valence-electron chi connectivity index (χ1n) is 6.97. The van der Waals surface area contributed by atoms with Crippen LogP contribution >= 0.6 is 0 Å². The van der Waals surface area contributed by atoms with E-state index in [1.807, 2.05) is 0 Å². The smallest absolute Gasteiger partial charge is 0.387 e. The third-order valence-corrected chi connectivity index (χ3v) is 3.10. The molecule has 1 atom stereocenters. The van der Waals surface area contributed by atoms with Gasteiger partial charge in [0.05, 0.1) is 12.6 Å². The predicted octanol–water partition coefficient (Wildman–Crippen LogP) is 3.28. The SMILES string of the molecule is O=C(Nc1ccc(OC(F)F)c(F)c1)NC(CO)c1ccccc1. The number of ether oxygens (including phenoxy) is 1. The van der Waals surface area contributed by atoms with Crippen molar-refractivity contribution in [3.8, 4) is 5.75 Å². The number of aliphatic hydroxyl groups excluding tert-OH is 1. The molecule has 2 amide bonds. The number of nitrogens with one attached hydrogen (secondary N) is 2. The summed E-state index contributed by atoms with van der Waals surface area (Å²) in [6.07, 6.45) is 0. The number of amides is 2. The zero-order chi connectivity index (χ0) is 17.5. The molecule has 0 aromatic heterocycles. The van der Waals surface area contributed by atoms with Gasteiger partial charge in [-0.05, 0) is 17.7 Å². The lowest BCUT2D eigenvalue weighted by Gasteiger charge is -2.17. The second kappa shape index (κ2) is 8.21. The first-order valence-corrected chi connectivity index (χ1v) is 6.97. The molecule has 3 N–H and O–H groups in total. The molecule has 0 radical (unpaired) electrons. The largest absolute Gasteiger partial charge is 0.432 e. The number of carbonyl (C=O) groups excluding carboxylic acids is 1. The molecular formula is C16H15F3N2O3. The van der Waals surface area contributed by atoms with E-state index in [1.54, 1.807) is 30.3 Å². The lowest BCUT2D eigenvalue weighted by Crippen LogP contribution is -2.34. The average molecular weight is 340 g/mol. The van der Waals surface area contributed by atoms with Gasteiger partial charge in [0, 0.05) is 11.8 Å². The van der Waals surface area contributed by atoms with Crippen molar-refractivity contribution in [1.29, 1.82) is 0 Å². The summed E-state index contributed by atoms with van der Waals surface area (Å²) in [7, 11) is 0. The zero-order valence-electron chi connectivity index (χ0n) is 12.4. The molecule has 8 heteroatoms. The van der Waals surface area contributed by atoms with Crippen LogP contribution in [-0.4, -0.2) is 24.4 Å². The van der Waals surface area contributed by atoms with Crippen molar-refractivity contribution in [2.45, 2.75) is 12.7 Å². The Morgan fingerprint density at radius 1 is 1.17 bits per heavy atom. The normalized spacial score (nSPS) is 11.9. The number of alkyl halides is 2. The highest BCUT2D eigenvalue weighted by Crippen LogP contribution is 2.23. The Kier molecular flexibility index (Phi) is 6.02. The van der Waals surface area contributed by atoms with Crippen LogP contribution in [0.3, 0.4) is 0 Å². The molecule has 1 unspecified atom stereocenters. The zero-order valence-corrected chi connectivity index (χ0v) is 12.4. The Balaban J connectivity index is 2.00. The van der Waals surface area contributed by atoms with E-state index in [2.05, 4.69) is 15.4 Å². The molecular weight excluding hydrogens is 325 g/mol. The predicted molar refractivity (Wildman–Crippen MR) is 81.5 cm³/mol. The van der Waals surface area contributed by atoms with Gasteiger partial charge in [-0.25, -0.2) is 9.18 Å². The molecule has 0 heterocycles. The van der Waals surface area contributed by atoms with Crippen LogP contribution in [0.2, 0.25) is 0 Å². The van der Waals surface area contributed by atoms with E-state index in [9.17, 15) is 23.1 Å². The van der Waals surface area contributed by atoms with E-state index in [4.69, 9.17) is 0 Å². The van der Waals surface area contributed by atoms with Crippen LogP contribution < -0.4 is 15.4 Å². The molecule has 0 saturated carbocycles. The summed E-state index contributed by atoms with van der Waals surface area (Å²) in [5.74, 6) is -1.65. The Hall–Kier alpha value is -2.74. The fourth-order valence-corrected chi connectivity index (χ4v) is 2.02. The number of rotatable bonds is 6. The monoisotopic (exact) mass is 340 g/mol. The van der Waals surface area contributed by atoms with Crippen LogP contribution in [0.4, 0.5) is 23.7 Å². The van der Waals surface area contributed by atoms with E-state index in [0.717, 1.165) is 12.1 Å². The summed E-state index contributed by atoms with van der Waals surface area (Å²) in [5.41, 5.74) is 0.748. The molecule has 2 aromatic carbocycles. The minimum absolute atomic E-state index is 0.0522. The van der Waals surface area contributed by atoms with Crippen molar-refractivity contribution in [1.82, 2.24) is 5.32 Å². The molecule has 0 aliphatic heterocycles. The molecule has 5 nitrogen and oxygen atoms in total. The lowest BCUT2D eigenvalue weighted by atomic mass is 10.1. The first-order chi connectivity index (χ1) is 11.5. The van der Waals surface area contributed by atoms with Crippen molar-refractivity contribution in [2.24, 2.45) is 0 Å². The Bertz CT molecular complexity index is 684. The number of hydrogen-bond donors (Lipinski definition) is 3. The van der Waals surface area contributed by atoms with Crippen molar-refractivity contribution >= 4 is 11.7 Å². The maximum Gasteiger partial charge on any atom is 0.387 e. The second-order valence-electron chi connectivity index (χ2n) is 4.77. The maximum atomic E-state index is 13.6. The van der Waals surface area contributed by atoms with Gasteiger partial charge < -0.3 is 20.5 Å². The Labute approximate surface area is 136 Å². The summed E-state index contributed by atoms with van der Waals surface area (Å²) in [6, 6.07) is 10.5. The number of hydrogen-bond acceptors (Lipinski definition) is 3. The highest BCUT2D eigenvalue weighted by Gasteiger charge is 2.15. The standard InChI is InChI=1S/C16H15F3N2O3/c17-12-8-11(6-7-14(12)24-15(18)19)20-16(23)21-13(9-22)10-4-2-1-3-5-10/h1-8,13,15,22H,9H2,(H2,20,21,23). The molecule has 0 aliphatic rings. The van der Waals surface area contributed by atoms with Gasteiger partial charge in [-0.15, -0.1) is 0 Å². The quantitative estimate of drug-likeness (QED) is 0.756. The molecule has 0 fully saturated rings. The number of aliphatic hydroxyl groups is 1. The van der Waals surface area contributed by atoms with Gasteiger partial charge in [-0.2, -0.15) is 8.78 Å². The van der Waals surface area contributed by atoms with Crippen molar-refractivity contribution in [3.05, 3.63) is 59.9 Å². The summed E-state index contributed by atoms with van der Waals surface area (Å²) in [5, 5.41) is 14.2. The van der Waals surface area contributed by atoms with E-state index in [-0.39, 0.29) is 12.3 Å². The maximum absolute atomic E-state index is 13.6. The van der Waals surface area contributed by atoms with Crippen molar-refractivity contribution in [2.75, 3.05) is 11.9 Å². The first kappa shape index (κ1) is 17.6. The highest BCUT2D eigenvalue weighted by atomic mass is 19.3. The van der Waals surface area contributed by atoms with E-state index >= 15 is 0 Å². The number of anilines is 1. The van der Waals surface area contributed by atoms with Crippen LogP contribution in [0.25, 0.3) is 0 Å². The third kappa shape index (κ3) is 4.88.